The van der Waals surface area contributed by atoms with Gasteiger partial charge in [0.15, 0.2) is 5.65 Å². The van der Waals surface area contributed by atoms with Gasteiger partial charge in [0.05, 0.1) is 18.8 Å². The smallest absolute Gasteiger partial charge is 0.305 e. The van der Waals surface area contributed by atoms with Crippen molar-refractivity contribution in [3.05, 3.63) is 47.2 Å². The summed E-state index contributed by atoms with van der Waals surface area (Å²) in [6.07, 6.45) is 5.88. The Bertz CT molecular complexity index is 1310. The largest absolute Gasteiger partial charge is 0.469 e. The molecule has 0 spiro atoms. The van der Waals surface area contributed by atoms with Gasteiger partial charge < -0.3 is 15.4 Å². The van der Waals surface area contributed by atoms with Crippen LogP contribution in [-0.4, -0.2) is 45.8 Å². The minimum Gasteiger partial charge on any atom is -0.469 e. The van der Waals surface area contributed by atoms with E-state index in [-0.39, 0.29) is 5.97 Å². The Morgan fingerprint density at radius 1 is 1.25 bits per heavy atom. The van der Waals surface area contributed by atoms with E-state index in [0.717, 1.165) is 58.3 Å². The van der Waals surface area contributed by atoms with Crippen LogP contribution in [0.25, 0.3) is 27.7 Å². The van der Waals surface area contributed by atoms with E-state index in [1.165, 1.54) is 7.11 Å². The van der Waals surface area contributed by atoms with Gasteiger partial charge in [0, 0.05) is 42.2 Å². The number of methoxy groups -OCH3 is 1. The van der Waals surface area contributed by atoms with E-state index in [4.69, 9.17) is 15.5 Å². The Kier molecular flexibility index (Phi) is 5.42. The van der Waals surface area contributed by atoms with E-state index in [2.05, 4.69) is 37.0 Å². The number of esters is 1. The lowest BCUT2D eigenvalue weighted by Gasteiger charge is -2.33. The first-order chi connectivity index (χ1) is 15.5. The highest BCUT2D eigenvalue weighted by Crippen LogP contribution is 2.36. The number of nitrogens with two attached hydrogens (primary N) is 1. The maximum Gasteiger partial charge on any atom is 0.305 e. The predicted octanol–water partition coefficient (Wildman–Crippen LogP) is 4.07. The average molecular weight is 495 g/mol. The first-order valence-electron chi connectivity index (χ1n) is 10.5. The van der Waals surface area contributed by atoms with Gasteiger partial charge in [0.1, 0.15) is 16.1 Å². The van der Waals surface area contributed by atoms with Crippen LogP contribution in [0.3, 0.4) is 0 Å². The molecule has 1 aromatic carbocycles. The second-order valence-corrected chi connectivity index (χ2v) is 8.85. The topological polar surface area (TPSA) is 98.6 Å². The Balaban J connectivity index is 1.50. The molecule has 4 aromatic rings. The molecule has 3 aromatic heterocycles. The van der Waals surface area contributed by atoms with E-state index in [1.54, 1.807) is 10.7 Å². The lowest BCUT2D eigenvalue weighted by atomic mass is 9.93. The van der Waals surface area contributed by atoms with Crippen LogP contribution in [0.2, 0.25) is 0 Å². The van der Waals surface area contributed by atoms with Crippen molar-refractivity contribution in [3.63, 3.8) is 0 Å². The highest BCUT2D eigenvalue weighted by Gasteiger charge is 2.26. The Labute approximate surface area is 193 Å². The number of nitrogen functional groups attached to an aromatic ring is 1. The minimum atomic E-state index is -0.152. The summed E-state index contributed by atoms with van der Waals surface area (Å²) in [5.41, 5.74) is 9.88. The molecule has 9 heteroatoms. The number of pyridine rings is 1. The number of piperidine rings is 1. The molecular formula is C23H23BrN6O2. The van der Waals surface area contributed by atoms with E-state index in [0.29, 0.717) is 23.8 Å². The number of ether oxygens (including phenoxy) is 1. The summed E-state index contributed by atoms with van der Waals surface area (Å²) in [7, 11) is 1.44. The van der Waals surface area contributed by atoms with Crippen LogP contribution in [-0.2, 0) is 9.53 Å². The molecule has 0 bridgehead atoms. The van der Waals surface area contributed by atoms with Gasteiger partial charge in [0.2, 0.25) is 0 Å². The van der Waals surface area contributed by atoms with Gasteiger partial charge >= 0.3 is 5.97 Å². The van der Waals surface area contributed by atoms with Gasteiger partial charge in [-0.25, -0.2) is 4.98 Å². The molecule has 1 aliphatic rings. The number of hydrogen-bond acceptors (Lipinski definition) is 7. The van der Waals surface area contributed by atoms with Crippen LogP contribution >= 0.6 is 15.9 Å². The fourth-order valence-electron chi connectivity index (χ4n) is 4.28. The molecule has 0 saturated carbocycles. The minimum absolute atomic E-state index is 0.152. The lowest BCUT2D eigenvalue weighted by Crippen LogP contribution is -2.35. The van der Waals surface area contributed by atoms with Gasteiger partial charge in [-0.3, -0.25) is 9.78 Å². The van der Waals surface area contributed by atoms with Crippen molar-refractivity contribution < 1.29 is 9.53 Å². The van der Waals surface area contributed by atoms with Crippen LogP contribution in [0.1, 0.15) is 19.3 Å². The monoisotopic (exact) mass is 494 g/mol. The van der Waals surface area contributed by atoms with Crippen LogP contribution in [0.5, 0.6) is 0 Å². The van der Waals surface area contributed by atoms with Crippen molar-refractivity contribution >= 4 is 50.1 Å². The summed E-state index contributed by atoms with van der Waals surface area (Å²) < 4.78 is 7.20. The number of fused-ring (bicyclic) bond motifs is 2. The number of aromatic nitrogens is 4. The Hall–Kier alpha value is -3.20. The van der Waals surface area contributed by atoms with Crippen molar-refractivity contribution in [2.45, 2.75) is 19.3 Å². The zero-order chi connectivity index (χ0) is 22.2. The SMILES string of the molecule is COC(=O)CC1CCN(c2nc3c(-c4cnc5ccccc5c4)cnn3c(N)c2Br)CC1. The summed E-state index contributed by atoms with van der Waals surface area (Å²) in [6.45, 7) is 1.59. The van der Waals surface area contributed by atoms with Crippen LogP contribution in [0.4, 0.5) is 11.6 Å². The molecule has 8 nitrogen and oxygen atoms in total. The number of benzene rings is 1. The second-order valence-electron chi connectivity index (χ2n) is 8.06. The van der Waals surface area contributed by atoms with Gasteiger partial charge in [0.25, 0.3) is 0 Å². The fourth-order valence-corrected chi connectivity index (χ4v) is 4.79. The lowest BCUT2D eigenvalue weighted by molar-refractivity contribution is -0.141. The molecular weight excluding hydrogens is 472 g/mol. The van der Waals surface area contributed by atoms with Gasteiger partial charge in [-0.2, -0.15) is 9.61 Å². The zero-order valence-corrected chi connectivity index (χ0v) is 19.2. The third-order valence-electron chi connectivity index (χ3n) is 6.10. The number of carbonyl (C=O) groups excluding carboxylic acids is 1. The first-order valence-corrected chi connectivity index (χ1v) is 11.3. The quantitative estimate of drug-likeness (QED) is 0.426. The van der Waals surface area contributed by atoms with Crippen molar-refractivity contribution in [2.75, 3.05) is 30.8 Å². The summed E-state index contributed by atoms with van der Waals surface area (Å²) >= 11 is 3.63. The van der Waals surface area contributed by atoms with Gasteiger partial charge in [-0.05, 0) is 46.8 Å². The molecule has 0 atom stereocenters. The molecule has 5 rings (SSSR count). The number of para-hydroxylation sites is 1. The summed E-state index contributed by atoms with van der Waals surface area (Å²) in [5, 5.41) is 5.54. The average Bonchev–Trinajstić information content (AvgIpc) is 3.25. The molecule has 0 amide bonds. The van der Waals surface area contributed by atoms with Crippen molar-refractivity contribution in [1.82, 2.24) is 19.6 Å². The number of hydrogen-bond donors (Lipinski definition) is 1. The van der Waals surface area contributed by atoms with E-state index in [1.807, 2.05) is 30.5 Å². The van der Waals surface area contributed by atoms with E-state index < -0.39 is 0 Å². The van der Waals surface area contributed by atoms with Crippen molar-refractivity contribution in [1.29, 1.82) is 0 Å². The summed E-state index contributed by atoms with van der Waals surface area (Å²) in [5.74, 6) is 1.47. The second kappa shape index (κ2) is 8.38. The molecule has 0 radical (unpaired) electrons. The summed E-state index contributed by atoms with van der Waals surface area (Å²) in [6, 6.07) is 10.1. The molecule has 1 saturated heterocycles. The number of anilines is 2. The molecule has 0 unspecified atom stereocenters. The fraction of sp³-hybridized carbons (Fsp3) is 0.304. The van der Waals surface area contributed by atoms with Crippen molar-refractivity contribution in [3.8, 4) is 11.1 Å². The molecule has 1 aliphatic heterocycles. The normalized spacial score (nSPS) is 14.9. The standard InChI is InChI=1S/C23H23BrN6O2/c1-32-19(31)10-14-6-8-29(9-7-14)23-20(24)21(25)30-22(28-23)17(13-27-30)16-11-15-4-2-3-5-18(15)26-12-16/h2-5,11-14H,6-10,25H2,1H3. The van der Waals surface area contributed by atoms with Crippen molar-refractivity contribution in [2.24, 2.45) is 5.92 Å². The highest BCUT2D eigenvalue weighted by atomic mass is 79.9. The van der Waals surface area contributed by atoms with Gasteiger partial charge in [-0.15, -0.1) is 0 Å². The third-order valence-corrected chi connectivity index (χ3v) is 6.86. The number of halogens is 1. The van der Waals surface area contributed by atoms with E-state index >= 15 is 0 Å². The highest BCUT2D eigenvalue weighted by molar-refractivity contribution is 9.10. The number of carbonyl (C=O) groups is 1. The molecule has 32 heavy (non-hydrogen) atoms. The summed E-state index contributed by atoms with van der Waals surface area (Å²) in [4.78, 5) is 23.4. The molecule has 1 fully saturated rings. The third kappa shape index (κ3) is 3.66. The number of rotatable bonds is 4. The Morgan fingerprint density at radius 2 is 2.03 bits per heavy atom. The van der Waals surface area contributed by atoms with Crippen LogP contribution in [0.15, 0.2) is 47.2 Å². The first kappa shape index (κ1) is 20.7. The van der Waals surface area contributed by atoms with Gasteiger partial charge in [-0.1, -0.05) is 18.2 Å². The van der Waals surface area contributed by atoms with Crippen LogP contribution in [0, 0.1) is 5.92 Å². The maximum atomic E-state index is 11.6. The zero-order valence-electron chi connectivity index (χ0n) is 17.7. The van der Waals surface area contributed by atoms with Crippen LogP contribution < -0.4 is 10.6 Å². The maximum absolute atomic E-state index is 11.6. The molecule has 164 valence electrons. The Morgan fingerprint density at radius 3 is 2.81 bits per heavy atom. The molecule has 0 aliphatic carbocycles. The molecule has 4 heterocycles. The van der Waals surface area contributed by atoms with E-state index in [9.17, 15) is 4.79 Å². The molecule has 2 N–H and O–H groups in total. The number of nitrogens with zero attached hydrogens (tertiary/aromatic N) is 5. The predicted molar refractivity (Wildman–Crippen MR) is 127 cm³/mol.